The van der Waals surface area contributed by atoms with Gasteiger partial charge in [0.05, 0.1) is 0 Å². The zero-order chi connectivity index (χ0) is 9.44. The van der Waals surface area contributed by atoms with E-state index in [9.17, 15) is 4.79 Å². The molecule has 0 bridgehead atoms. The Morgan fingerprint density at radius 1 is 1.45 bits per heavy atom. The average Bonchev–Trinajstić information content (AvgIpc) is 1.90. The third kappa shape index (κ3) is 9.35. The summed E-state index contributed by atoms with van der Waals surface area (Å²) in [6.07, 6.45) is 0.551. The Kier molecular flexibility index (Phi) is 8.80. The van der Waals surface area contributed by atoms with Gasteiger partial charge in [0, 0.05) is 0 Å². The monoisotopic (exact) mass is 164 g/mol. The van der Waals surface area contributed by atoms with Gasteiger partial charge in [0.25, 0.3) is 0 Å². The molecule has 1 atom stereocenters. The number of nitrogens with two attached hydrogens (primary N) is 2. The van der Waals surface area contributed by atoms with Gasteiger partial charge in [0.1, 0.15) is 6.04 Å². The van der Waals surface area contributed by atoms with Gasteiger partial charge in [-0.05, 0) is 12.3 Å². The lowest BCUT2D eigenvalue weighted by Crippen LogP contribution is -2.31. The molecule has 0 amide bonds. The van der Waals surface area contributed by atoms with Gasteiger partial charge in [0.2, 0.25) is 0 Å². The van der Waals surface area contributed by atoms with Crippen molar-refractivity contribution in [2.75, 3.05) is 0 Å². The lowest BCUT2D eigenvalue weighted by Gasteiger charge is -2.07. The van der Waals surface area contributed by atoms with Crippen molar-refractivity contribution in [3.63, 3.8) is 0 Å². The number of carboxylic acid groups (broad SMARTS) is 1. The summed E-state index contributed by atoms with van der Waals surface area (Å²) in [6, 6.07) is -0.690. The second-order valence-electron chi connectivity index (χ2n) is 2.57. The Morgan fingerprint density at radius 3 is 1.91 bits per heavy atom. The molecular formula is C6H16N2O3. The van der Waals surface area contributed by atoms with Crippen molar-refractivity contribution in [2.45, 2.75) is 26.3 Å². The van der Waals surface area contributed by atoms with E-state index in [0.717, 1.165) is 0 Å². The molecule has 0 fully saturated rings. The molecule has 0 heterocycles. The third-order valence-electron chi connectivity index (χ3n) is 1.04. The molecule has 0 aromatic carbocycles. The van der Waals surface area contributed by atoms with Gasteiger partial charge in [-0.15, -0.1) is 0 Å². The molecular weight excluding hydrogens is 148 g/mol. The third-order valence-corrected chi connectivity index (χ3v) is 1.04. The second-order valence-corrected chi connectivity index (χ2v) is 2.57. The Balaban J connectivity index is 0. The molecule has 0 aliphatic rings. The minimum Gasteiger partial charge on any atom is -0.480 e. The van der Waals surface area contributed by atoms with Gasteiger partial charge in [-0.3, -0.25) is 4.79 Å². The van der Waals surface area contributed by atoms with Crippen molar-refractivity contribution in [1.29, 1.82) is 0 Å². The predicted molar refractivity (Wildman–Crippen MR) is 41.0 cm³/mol. The maximum atomic E-state index is 10.1. The van der Waals surface area contributed by atoms with E-state index in [1.807, 2.05) is 13.8 Å². The maximum Gasteiger partial charge on any atom is 0.320 e. The summed E-state index contributed by atoms with van der Waals surface area (Å²) in [5.74, 6) is 2.94. The number of hydrogen-bond acceptors (Lipinski definition) is 4. The number of hydrogen-bond donors (Lipinski definition) is 4. The Labute approximate surface area is 66.0 Å². The van der Waals surface area contributed by atoms with Gasteiger partial charge in [-0.2, -0.15) is 0 Å². The minimum absolute atomic E-state index is 0.357. The first kappa shape index (κ1) is 13.0. The van der Waals surface area contributed by atoms with E-state index in [0.29, 0.717) is 12.3 Å². The molecule has 0 aromatic rings. The Bertz CT molecular complexity index is 106. The van der Waals surface area contributed by atoms with Crippen molar-refractivity contribution in [3.05, 3.63) is 0 Å². The second kappa shape index (κ2) is 7.46. The molecule has 0 saturated carbocycles. The van der Waals surface area contributed by atoms with Crippen molar-refractivity contribution in [2.24, 2.45) is 17.5 Å². The molecule has 0 aliphatic heterocycles. The quantitative estimate of drug-likeness (QED) is 0.431. The van der Waals surface area contributed by atoms with E-state index < -0.39 is 12.0 Å². The number of carboxylic acids is 1. The van der Waals surface area contributed by atoms with Crippen LogP contribution in [0.25, 0.3) is 0 Å². The summed E-state index contributed by atoms with van der Waals surface area (Å²) < 4.78 is 0. The van der Waals surface area contributed by atoms with E-state index in [1.54, 1.807) is 0 Å². The molecule has 0 unspecified atom stereocenters. The van der Waals surface area contributed by atoms with Gasteiger partial charge in [-0.25, -0.2) is 5.90 Å². The average molecular weight is 164 g/mol. The molecule has 5 nitrogen and oxygen atoms in total. The van der Waals surface area contributed by atoms with Crippen LogP contribution in [0.5, 0.6) is 0 Å². The highest BCUT2D eigenvalue weighted by molar-refractivity contribution is 5.72. The standard InChI is InChI=1S/C6H13NO2.H3NO/c1-4(2)3-5(7)6(8)9;1-2/h4-5H,3,7H2,1-2H3,(H,8,9);2H,1H2/t5-;/m0./s1. The summed E-state index contributed by atoms with van der Waals surface area (Å²) >= 11 is 0. The van der Waals surface area contributed by atoms with Gasteiger partial charge < -0.3 is 16.0 Å². The first-order valence-corrected chi connectivity index (χ1v) is 3.28. The first-order chi connectivity index (χ1) is 5.04. The van der Waals surface area contributed by atoms with Crippen LogP contribution in [0.1, 0.15) is 20.3 Å². The highest BCUT2D eigenvalue weighted by atomic mass is 16.4. The molecule has 0 radical (unpaired) electrons. The zero-order valence-electron chi connectivity index (χ0n) is 6.82. The number of carbonyl (C=O) groups is 1. The van der Waals surface area contributed by atoms with Crippen molar-refractivity contribution in [1.82, 2.24) is 0 Å². The van der Waals surface area contributed by atoms with Crippen LogP contribution in [-0.4, -0.2) is 22.3 Å². The molecule has 0 rings (SSSR count). The highest BCUT2D eigenvalue weighted by Gasteiger charge is 2.11. The molecule has 0 aromatic heterocycles. The summed E-state index contributed by atoms with van der Waals surface area (Å²) in [6.45, 7) is 3.89. The Hall–Kier alpha value is -0.650. The van der Waals surface area contributed by atoms with Gasteiger partial charge in [-0.1, -0.05) is 13.8 Å². The van der Waals surface area contributed by atoms with Crippen LogP contribution in [0.4, 0.5) is 0 Å². The van der Waals surface area contributed by atoms with Gasteiger partial charge in [0.15, 0.2) is 0 Å². The van der Waals surface area contributed by atoms with Gasteiger partial charge >= 0.3 is 5.97 Å². The normalized spacial score (nSPS) is 11.8. The fourth-order valence-electron chi connectivity index (χ4n) is 0.609. The van der Waals surface area contributed by atoms with Crippen LogP contribution in [0.3, 0.4) is 0 Å². The van der Waals surface area contributed by atoms with Crippen molar-refractivity contribution >= 4 is 5.97 Å². The minimum atomic E-state index is -0.913. The summed E-state index contributed by atoms with van der Waals surface area (Å²) in [7, 11) is 0. The van der Waals surface area contributed by atoms with Crippen molar-refractivity contribution < 1.29 is 15.1 Å². The van der Waals surface area contributed by atoms with Crippen LogP contribution in [-0.2, 0) is 4.79 Å². The summed E-state index contributed by atoms with van der Waals surface area (Å²) in [5.41, 5.74) is 5.22. The van der Waals surface area contributed by atoms with E-state index in [-0.39, 0.29) is 0 Å². The molecule has 0 saturated heterocycles. The van der Waals surface area contributed by atoms with E-state index in [2.05, 4.69) is 5.90 Å². The van der Waals surface area contributed by atoms with Crippen LogP contribution in [0.2, 0.25) is 0 Å². The molecule has 0 aliphatic carbocycles. The van der Waals surface area contributed by atoms with Crippen LogP contribution in [0, 0.1) is 5.92 Å². The fraction of sp³-hybridized carbons (Fsp3) is 0.833. The van der Waals surface area contributed by atoms with E-state index in [4.69, 9.17) is 16.0 Å². The summed E-state index contributed by atoms with van der Waals surface area (Å²) in [5, 5.41) is 14.8. The zero-order valence-corrected chi connectivity index (χ0v) is 6.82. The van der Waals surface area contributed by atoms with Crippen LogP contribution in [0.15, 0.2) is 0 Å². The van der Waals surface area contributed by atoms with E-state index >= 15 is 0 Å². The summed E-state index contributed by atoms with van der Waals surface area (Å²) in [4.78, 5) is 10.1. The largest absolute Gasteiger partial charge is 0.480 e. The Morgan fingerprint density at radius 2 is 1.82 bits per heavy atom. The molecule has 68 valence electrons. The lowest BCUT2D eigenvalue weighted by molar-refractivity contribution is -0.138. The first-order valence-electron chi connectivity index (χ1n) is 3.28. The van der Waals surface area contributed by atoms with Crippen LogP contribution < -0.4 is 11.6 Å². The number of aliphatic carboxylic acids is 1. The lowest BCUT2D eigenvalue weighted by atomic mass is 10.1. The topological polar surface area (TPSA) is 110 Å². The van der Waals surface area contributed by atoms with E-state index in [1.165, 1.54) is 0 Å². The predicted octanol–water partition coefficient (Wildman–Crippen LogP) is -0.221. The van der Waals surface area contributed by atoms with Crippen molar-refractivity contribution in [3.8, 4) is 0 Å². The number of rotatable bonds is 3. The SMILES string of the molecule is CC(C)C[C@H](N)C(=O)O.NO. The smallest absolute Gasteiger partial charge is 0.320 e. The van der Waals surface area contributed by atoms with Crippen LogP contribution >= 0.6 is 0 Å². The molecule has 5 heteroatoms. The maximum absolute atomic E-state index is 10.1. The molecule has 0 spiro atoms. The molecule has 11 heavy (non-hydrogen) atoms. The highest BCUT2D eigenvalue weighted by Crippen LogP contribution is 2.01. The fourth-order valence-corrected chi connectivity index (χ4v) is 0.609. The molecule has 6 N–H and O–H groups in total.